The highest BCUT2D eigenvalue weighted by atomic mass is 15.2. The molecule has 3 rings (SSSR count). The van der Waals surface area contributed by atoms with Gasteiger partial charge in [-0.3, -0.25) is 4.90 Å². The van der Waals surface area contributed by atoms with Gasteiger partial charge in [0.15, 0.2) is 0 Å². The van der Waals surface area contributed by atoms with Gasteiger partial charge in [-0.15, -0.1) is 0 Å². The highest BCUT2D eigenvalue weighted by Crippen LogP contribution is 2.35. The standard InChI is InChI=1S/C19H30N2/c1-14(2)16-9-7-15(8-10-16)13-21-18-5-4-6-19(21)12-17(11-18)20-3/h7-10,14,17-20H,4-6,11-13H2,1-3H3. The highest BCUT2D eigenvalue weighted by Gasteiger charge is 2.37. The van der Waals surface area contributed by atoms with Crippen LogP contribution in [0.4, 0.5) is 0 Å². The van der Waals surface area contributed by atoms with Crippen molar-refractivity contribution in [3.8, 4) is 0 Å². The summed E-state index contributed by atoms with van der Waals surface area (Å²) in [7, 11) is 2.13. The summed E-state index contributed by atoms with van der Waals surface area (Å²) in [5.41, 5.74) is 2.94. The number of fused-ring (bicyclic) bond motifs is 2. The average Bonchev–Trinajstić information content (AvgIpc) is 2.47. The predicted octanol–water partition coefficient (Wildman–Crippen LogP) is 3.91. The Bertz CT molecular complexity index is 437. The molecule has 21 heavy (non-hydrogen) atoms. The third-order valence-electron chi connectivity index (χ3n) is 5.55. The summed E-state index contributed by atoms with van der Waals surface area (Å²) in [4.78, 5) is 2.79. The number of benzene rings is 1. The number of piperidine rings is 2. The van der Waals surface area contributed by atoms with E-state index in [9.17, 15) is 0 Å². The van der Waals surface area contributed by atoms with Crippen molar-refractivity contribution < 1.29 is 0 Å². The molecule has 1 aromatic rings. The van der Waals surface area contributed by atoms with Gasteiger partial charge in [0.05, 0.1) is 0 Å². The minimum atomic E-state index is 0.629. The topological polar surface area (TPSA) is 15.3 Å². The third kappa shape index (κ3) is 3.32. The fourth-order valence-corrected chi connectivity index (χ4v) is 4.19. The van der Waals surface area contributed by atoms with Gasteiger partial charge >= 0.3 is 0 Å². The number of rotatable bonds is 4. The maximum atomic E-state index is 3.51. The van der Waals surface area contributed by atoms with E-state index in [1.54, 1.807) is 0 Å². The molecule has 2 unspecified atom stereocenters. The van der Waals surface area contributed by atoms with Crippen LogP contribution in [0.2, 0.25) is 0 Å². The van der Waals surface area contributed by atoms with Gasteiger partial charge in [0.2, 0.25) is 0 Å². The summed E-state index contributed by atoms with van der Waals surface area (Å²) in [5.74, 6) is 0.629. The number of hydrogen-bond acceptors (Lipinski definition) is 2. The molecule has 0 saturated carbocycles. The zero-order valence-corrected chi connectivity index (χ0v) is 13.8. The van der Waals surface area contributed by atoms with E-state index in [1.807, 2.05) is 0 Å². The maximum Gasteiger partial charge on any atom is 0.0239 e. The number of hydrogen-bond donors (Lipinski definition) is 1. The van der Waals surface area contributed by atoms with Crippen LogP contribution in [0.1, 0.15) is 63.0 Å². The van der Waals surface area contributed by atoms with Gasteiger partial charge in [0, 0.05) is 24.7 Å². The van der Waals surface area contributed by atoms with E-state index in [2.05, 4.69) is 55.4 Å². The van der Waals surface area contributed by atoms with Gasteiger partial charge in [-0.1, -0.05) is 44.5 Å². The van der Waals surface area contributed by atoms with Crippen molar-refractivity contribution in [1.82, 2.24) is 10.2 Å². The highest BCUT2D eigenvalue weighted by molar-refractivity contribution is 5.25. The second kappa shape index (κ2) is 6.50. The molecule has 2 aliphatic heterocycles. The lowest BCUT2D eigenvalue weighted by molar-refractivity contribution is 0.0190. The van der Waals surface area contributed by atoms with Crippen LogP contribution in [-0.4, -0.2) is 30.1 Å². The van der Waals surface area contributed by atoms with E-state index < -0.39 is 0 Å². The third-order valence-corrected chi connectivity index (χ3v) is 5.55. The minimum absolute atomic E-state index is 0.629. The first kappa shape index (κ1) is 15.1. The maximum absolute atomic E-state index is 3.51. The molecule has 2 heterocycles. The summed E-state index contributed by atoms with van der Waals surface area (Å²) in [6.07, 6.45) is 6.86. The van der Waals surface area contributed by atoms with Crippen molar-refractivity contribution >= 4 is 0 Å². The molecule has 0 radical (unpaired) electrons. The molecule has 2 bridgehead atoms. The van der Waals surface area contributed by atoms with Gasteiger partial charge in [0.1, 0.15) is 0 Å². The largest absolute Gasteiger partial charge is 0.317 e. The van der Waals surface area contributed by atoms with Gasteiger partial charge in [-0.05, 0) is 49.8 Å². The zero-order valence-electron chi connectivity index (χ0n) is 13.8. The molecule has 2 aliphatic rings. The first-order valence-corrected chi connectivity index (χ1v) is 8.69. The lowest BCUT2D eigenvalue weighted by atomic mass is 9.81. The molecule has 2 nitrogen and oxygen atoms in total. The summed E-state index contributed by atoms with van der Waals surface area (Å²) in [6, 6.07) is 11.6. The molecular formula is C19H30N2. The Morgan fingerprint density at radius 2 is 1.71 bits per heavy atom. The van der Waals surface area contributed by atoms with Gasteiger partial charge in [0.25, 0.3) is 0 Å². The molecule has 1 aromatic carbocycles. The Balaban J connectivity index is 1.69. The molecule has 116 valence electrons. The first-order valence-electron chi connectivity index (χ1n) is 8.69. The SMILES string of the molecule is CNC1CC2CCCC(C1)N2Cc1ccc(C(C)C)cc1. The monoisotopic (exact) mass is 286 g/mol. The molecule has 2 saturated heterocycles. The van der Waals surface area contributed by atoms with Crippen LogP contribution in [0, 0.1) is 0 Å². The average molecular weight is 286 g/mol. The van der Waals surface area contributed by atoms with Crippen LogP contribution in [0.15, 0.2) is 24.3 Å². The van der Waals surface area contributed by atoms with Gasteiger partial charge < -0.3 is 5.32 Å². The van der Waals surface area contributed by atoms with Gasteiger partial charge in [-0.25, -0.2) is 0 Å². The van der Waals surface area contributed by atoms with Crippen molar-refractivity contribution in [3.05, 3.63) is 35.4 Å². The number of nitrogens with zero attached hydrogens (tertiary/aromatic N) is 1. The van der Waals surface area contributed by atoms with Crippen LogP contribution in [-0.2, 0) is 6.54 Å². The van der Waals surface area contributed by atoms with Crippen LogP contribution in [0.25, 0.3) is 0 Å². The number of nitrogens with one attached hydrogen (secondary N) is 1. The van der Waals surface area contributed by atoms with Crippen molar-refractivity contribution in [2.45, 2.75) is 76.5 Å². The van der Waals surface area contributed by atoms with Crippen LogP contribution < -0.4 is 5.32 Å². The fourth-order valence-electron chi connectivity index (χ4n) is 4.19. The minimum Gasteiger partial charge on any atom is -0.317 e. The second-order valence-electron chi connectivity index (χ2n) is 7.26. The lowest BCUT2D eigenvalue weighted by Crippen LogP contribution is -2.55. The van der Waals surface area contributed by atoms with E-state index in [0.29, 0.717) is 5.92 Å². The Morgan fingerprint density at radius 3 is 2.24 bits per heavy atom. The van der Waals surface area contributed by atoms with Crippen LogP contribution >= 0.6 is 0 Å². The molecule has 1 N–H and O–H groups in total. The smallest absolute Gasteiger partial charge is 0.0239 e. The predicted molar refractivity (Wildman–Crippen MR) is 89.6 cm³/mol. The molecule has 0 amide bonds. The Morgan fingerprint density at radius 1 is 1.10 bits per heavy atom. The van der Waals surface area contributed by atoms with Crippen molar-refractivity contribution in [2.24, 2.45) is 0 Å². The zero-order chi connectivity index (χ0) is 14.8. The van der Waals surface area contributed by atoms with E-state index >= 15 is 0 Å². The molecule has 0 aromatic heterocycles. The van der Waals surface area contributed by atoms with Crippen LogP contribution in [0.5, 0.6) is 0 Å². The molecule has 2 atom stereocenters. The molecule has 2 fully saturated rings. The summed E-state index contributed by atoms with van der Waals surface area (Å²) in [6.45, 7) is 5.67. The molecular weight excluding hydrogens is 256 g/mol. The van der Waals surface area contributed by atoms with E-state index in [1.165, 1.54) is 43.2 Å². The fraction of sp³-hybridized carbons (Fsp3) is 0.684. The molecule has 0 spiro atoms. The summed E-state index contributed by atoms with van der Waals surface area (Å²) >= 11 is 0. The van der Waals surface area contributed by atoms with Crippen molar-refractivity contribution in [3.63, 3.8) is 0 Å². The van der Waals surface area contributed by atoms with Crippen molar-refractivity contribution in [2.75, 3.05) is 7.05 Å². The van der Waals surface area contributed by atoms with E-state index in [-0.39, 0.29) is 0 Å². The van der Waals surface area contributed by atoms with E-state index in [0.717, 1.165) is 24.7 Å². The Hall–Kier alpha value is -0.860. The first-order chi connectivity index (χ1) is 10.2. The Labute approximate surface area is 129 Å². The quantitative estimate of drug-likeness (QED) is 0.902. The molecule has 0 aliphatic carbocycles. The Kier molecular flexibility index (Phi) is 4.66. The van der Waals surface area contributed by atoms with Gasteiger partial charge in [-0.2, -0.15) is 0 Å². The second-order valence-corrected chi connectivity index (χ2v) is 7.26. The molecule has 2 heteroatoms. The lowest BCUT2D eigenvalue weighted by Gasteiger charge is -2.49. The summed E-state index contributed by atoms with van der Waals surface area (Å²) < 4.78 is 0. The summed E-state index contributed by atoms with van der Waals surface area (Å²) in [5, 5.41) is 3.51. The van der Waals surface area contributed by atoms with Crippen molar-refractivity contribution in [1.29, 1.82) is 0 Å². The normalized spacial score (nSPS) is 29.8. The van der Waals surface area contributed by atoms with Crippen LogP contribution in [0.3, 0.4) is 0 Å². The van der Waals surface area contributed by atoms with E-state index in [4.69, 9.17) is 0 Å².